The SMILES string of the molecule is CC[C@H](C)[C@@H]1NC(=O)[C@H](Cc2ccccc2)N(C)C(=O)[C@H](Cc2ccccc2)NC(=O)[C@H](C(C)C)N(C)C(=O)[C@H](CC(C)C)N(C)C(=O)[C@H](CC(C)C)NC(=O)[C@H](C)NC(=O)C[C@@H](C(=O)N2CCCCC2)NC(=O)[C@H]([C@@H](C)O)NC(=O)CNC(=O)[C@@H]2CCCN2C1=O. The summed E-state index contributed by atoms with van der Waals surface area (Å²) in [5, 5.41) is 29.7. The Kier molecular flexibility index (Phi) is 28.6. The molecule has 8 N–H and O–H groups in total. The number of benzene rings is 2. The number of rotatable bonds is 13. The molecule has 3 aliphatic rings. The van der Waals surface area contributed by atoms with Gasteiger partial charge in [-0.1, -0.05) is 122 Å². The molecule has 3 aliphatic heterocycles. The number of hydrogen-bond acceptors (Lipinski definition) is 13. The summed E-state index contributed by atoms with van der Waals surface area (Å²) >= 11 is 0. The van der Waals surface area contributed by atoms with Gasteiger partial charge in [0.2, 0.25) is 70.9 Å². The van der Waals surface area contributed by atoms with Crippen LogP contribution >= 0.6 is 0 Å². The molecule has 508 valence electrons. The van der Waals surface area contributed by atoms with Gasteiger partial charge in [-0.15, -0.1) is 0 Å². The first-order valence-corrected chi connectivity index (χ1v) is 32.7. The summed E-state index contributed by atoms with van der Waals surface area (Å²) < 4.78 is 0. The van der Waals surface area contributed by atoms with Crippen LogP contribution in [0.2, 0.25) is 0 Å². The Morgan fingerprint density at radius 1 is 0.543 bits per heavy atom. The number of fused-ring (bicyclic) bond motifs is 1. The van der Waals surface area contributed by atoms with E-state index in [1.165, 1.54) is 59.5 Å². The summed E-state index contributed by atoms with van der Waals surface area (Å²) in [7, 11) is 4.35. The molecule has 3 fully saturated rings. The molecule has 92 heavy (non-hydrogen) atoms. The number of nitrogens with zero attached hydrogens (tertiary/aromatic N) is 5. The fourth-order valence-corrected chi connectivity index (χ4v) is 12.2. The lowest BCUT2D eigenvalue weighted by Gasteiger charge is -2.38. The molecule has 0 bridgehead atoms. The Bertz CT molecular complexity index is 2890. The average molecular weight is 1280 g/mol. The van der Waals surface area contributed by atoms with Crippen LogP contribution in [0.4, 0.5) is 0 Å². The van der Waals surface area contributed by atoms with Crippen LogP contribution in [0.15, 0.2) is 60.7 Å². The van der Waals surface area contributed by atoms with Crippen LogP contribution in [-0.2, 0) is 70.4 Å². The summed E-state index contributed by atoms with van der Waals surface area (Å²) in [6.07, 6.45) is 1.07. The van der Waals surface area contributed by atoms with Crippen LogP contribution in [0, 0.1) is 23.7 Å². The van der Waals surface area contributed by atoms with Crippen LogP contribution in [0.5, 0.6) is 0 Å². The van der Waals surface area contributed by atoms with E-state index >= 15 is 19.2 Å². The fraction of sp³-hybridized carbons (Fsp3) is 0.642. The van der Waals surface area contributed by atoms with E-state index in [1.807, 2.05) is 34.6 Å². The minimum absolute atomic E-state index is 0.0271. The zero-order valence-corrected chi connectivity index (χ0v) is 56.1. The molecule has 12 amide bonds. The van der Waals surface area contributed by atoms with Crippen molar-refractivity contribution in [3.05, 3.63) is 71.8 Å². The van der Waals surface area contributed by atoms with Crippen LogP contribution in [0.3, 0.4) is 0 Å². The minimum atomic E-state index is -1.70. The van der Waals surface area contributed by atoms with E-state index in [0.717, 1.165) is 6.42 Å². The van der Waals surface area contributed by atoms with Crippen molar-refractivity contribution < 1.29 is 62.6 Å². The van der Waals surface area contributed by atoms with Gasteiger partial charge in [0, 0.05) is 53.6 Å². The van der Waals surface area contributed by atoms with Gasteiger partial charge >= 0.3 is 0 Å². The second-order valence-electron chi connectivity index (χ2n) is 26.3. The highest BCUT2D eigenvalue weighted by atomic mass is 16.3. The Hall–Kier alpha value is -7.96. The molecule has 0 saturated carbocycles. The lowest BCUT2D eigenvalue weighted by molar-refractivity contribution is -0.151. The maximum Gasteiger partial charge on any atom is 0.246 e. The molecule has 0 spiro atoms. The second kappa shape index (κ2) is 35.2. The molecule has 5 rings (SSSR count). The molecule has 3 saturated heterocycles. The Balaban J connectivity index is 1.60. The number of amides is 12. The second-order valence-corrected chi connectivity index (χ2v) is 26.3. The molecule has 12 atom stereocenters. The van der Waals surface area contributed by atoms with E-state index in [0.29, 0.717) is 49.9 Å². The molecular formula is C67H102N12O13. The topological polar surface area (TPSA) is 325 Å². The molecule has 0 aromatic heterocycles. The molecule has 25 heteroatoms. The number of likely N-dealkylation sites (tertiary alicyclic amines) is 1. The number of hydrogen-bond donors (Lipinski definition) is 8. The minimum Gasteiger partial charge on any atom is -0.391 e. The summed E-state index contributed by atoms with van der Waals surface area (Å²) in [5.74, 6) is -10.2. The van der Waals surface area contributed by atoms with E-state index in [9.17, 15) is 43.5 Å². The van der Waals surface area contributed by atoms with E-state index in [2.05, 4.69) is 37.2 Å². The van der Waals surface area contributed by atoms with Crippen LogP contribution in [0.1, 0.15) is 138 Å². The third kappa shape index (κ3) is 20.8. The number of likely N-dealkylation sites (N-methyl/N-ethyl adjacent to an activating group) is 3. The smallest absolute Gasteiger partial charge is 0.246 e. The largest absolute Gasteiger partial charge is 0.391 e. The van der Waals surface area contributed by atoms with Gasteiger partial charge in [-0.2, -0.15) is 0 Å². The summed E-state index contributed by atoms with van der Waals surface area (Å²) in [5.41, 5.74) is 1.34. The highest BCUT2D eigenvalue weighted by molar-refractivity contribution is 6.00. The molecule has 3 heterocycles. The fourth-order valence-electron chi connectivity index (χ4n) is 12.2. The highest BCUT2D eigenvalue weighted by Crippen LogP contribution is 2.25. The number of carbonyl (C=O) groups is 12. The van der Waals surface area contributed by atoms with Crippen molar-refractivity contribution >= 4 is 70.9 Å². The highest BCUT2D eigenvalue weighted by Gasteiger charge is 2.44. The third-order valence-corrected chi connectivity index (χ3v) is 17.6. The van der Waals surface area contributed by atoms with Gasteiger partial charge in [-0.25, -0.2) is 0 Å². The van der Waals surface area contributed by atoms with E-state index in [-0.39, 0.29) is 50.5 Å². The Morgan fingerprint density at radius 2 is 1.11 bits per heavy atom. The van der Waals surface area contributed by atoms with Gasteiger partial charge in [-0.05, 0) is 93.6 Å². The Morgan fingerprint density at radius 3 is 1.67 bits per heavy atom. The van der Waals surface area contributed by atoms with Crippen LogP contribution in [0.25, 0.3) is 0 Å². The maximum atomic E-state index is 15.4. The number of carbonyl (C=O) groups excluding carboxylic acids is 12. The van der Waals surface area contributed by atoms with Gasteiger partial charge in [0.15, 0.2) is 0 Å². The number of piperidine rings is 1. The van der Waals surface area contributed by atoms with Crippen molar-refractivity contribution in [3.63, 3.8) is 0 Å². The lowest BCUT2D eigenvalue weighted by Crippen LogP contribution is -2.62. The number of nitrogens with one attached hydrogen (secondary N) is 7. The molecule has 0 radical (unpaired) electrons. The summed E-state index contributed by atoms with van der Waals surface area (Å²) in [4.78, 5) is 181. The van der Waals surface area contributed by atoms with Crippen molar-refractivity contribution in [2.24, 2.45) is 23.7 Å². The van der Waals surface area contributed by atoms with Crippen molar-refractivity contribution in [2.45, 2.75) is 206 Å². The van der Waals surface area contributed by atoms with Crippen molar-refractivity contribution in [1.29, 1.82) is 0 Å². The van der Waals surface area contributed by atoms with Crippen molar-refractivity contribution in [1.82, 2.24) is 61.7 Å². The van der Waals surface area contributed by atoms with Crippen molar-refractivity contribution in [2.75, 3.05) is 47.3 Å². The average Bonchev–Trinajstić information content (AvgIpc) is 1.32. The zero-order valence-electron chi connectivity index (χ0n) is 56.1. The predicted octanol–water partition coefficient (Wildman–Crippen LogP) is 1.58. The van der Waals surface area contributed by atoms with Gasteiger partial charge < -0.3 is 66.8 Å². The number of aliphatic hydroxyl groups is 1. The first-order chi connectivity index (χ1) is 43.4. The summed E-state index contributed by atoms with van der Waals surface area (Å²) in [6.45, 7) is 17.2. The van der Waals surface area contributed by atoms with Crippen molar-refractivity contribution in [3.8, 4) is 0 Å². The molecular weight excluding hydrogens is 1180 g/mol. The predicted molar refractivity (Wildman–Crippen MR) is 345 cm³/mol. The molecule has 0 unspecified atom stereocenters. The Labute approximate surface area is 542 Å². The molecule has 25 nitrogen and oxygen atoms in total. The first kappa shape index (κ1) is 74.8. The van der Waals surface area contributed by atoms with Gasteiger partial charge in [0.25, 0.3) is 0 Å². The quantitative estimate of drug-likeness (QED) is 0.142. The molecule has 2 aromatic rings. The van der Waals surface area contributed by atoms with E-state index in [1.54, 1.807) is 81.4 Å². The third-order valence-electron chi connectivity index (χ3n) is 17.6. The normalized spacial score (nSPS) is 26.7. The van der Waals surface area contributed by atoms with Gasteiger partial charge in [-0.3, -0.25) is 57.5 Å². The number of aliphatic hydroxyl groups excluding tert-OH is 1. The monoisotopic (exact) mass is 1280 g/mol. The molecule has 2 aromatic carbocycles. The standard InChI is InChI=1S/C67H102N12O13/c1-14-42(8)55-67(92)79-32-24-29-50(79)59(84)68-38-54(82)73-56(44(10)80)61(86)71-49(65(90)78-30-22-17-23-31-78)37-53(81)69-43(9)58(83)70-47(33-39(2)3)63(88)76(12)52(34-40(4)5)66(91)77(13)57(41(6)7)62(87)72-48(35-45-25-18-15-19-26-45)64(89)75(11)51(60(85)74-55)36-46-27-20-16-21-28-46/h15-16,18-21,25-28,39-44,47-52,55-57,80H,14,17,22-24,29-38H2,1-13H3,(H,68,84)(H,69,81)(H,70,83)(H,71,86)(H,72,87)(H,73,82)(H,74,85)/t42-,43-,44+,47-,48-,49-,50-,51-,52-,55-,56-,57-/m0/s1. The van der Waals surface area contributed by atoms with Crippen LogP contribution in [-0.4, -0.2) is 214 Å². The zero-order chi connectivity index (χ0) is 68.3. The first-order valence-electron chi connectivity index (χ1n) is 32.7. The lowest BCUT2D eigenvalue weighted by atomic mass is 9.95. The maximum absolute atomic E-state index is 15.4. The van der Waals surface area contributed by atoms with E-state index < -0.39 is 162 Å². The van der Waals surface area contributed by atoms with Gasteiger partial charge in [0.05, 0.1) is 19.1 Å². The van der Waals surface area contributed by atoms with Gasteiger partial charge in [0.1, 0.15) is 60.4 Å². The summed E-state index contributed by atoms with van der Waals surface area (Å²) in [6, 6.07) is 4.78. The van der Waals surface area contributed by atoms with E-state index in [4.69, 9.17) is 0 Å². The molecule has 0 aliphatic carbocycles. The van der Waals surface area contributed by atoms with Crippen LogP contribution < -0.4 is 37.2 Å².